The maximum absolute atomic E-state index is 3.80. The van der Waals surface area contributed by atoms with Crippen LogP contribution in [0.15, 0.2) is 46.1 Å². The van der Waals surface area contributed by atoms with Gasteiger partial charge in [-0.25, -0.2) is 0 Å². The van der Waals surface area contributed by atoms with Gasteiger partial charge in [-0.05, 0) is 67.7 Å². The second-order valence-corrected chi connectivity index (χ2v) is 5.75. The van der Waals surface area contributed by atoms with Crippen molar-refractivity contribution in [3.8, 4) is 0 Å². The summed E-state index contributed by atoms with van der Waals surface area (Å²) in [5.74, 6) is 0. The van der Waals surface area contributed by atoms with E-state index in [1.807, 2.05) is 6.08 Å². The molecule has 102 valence electrons. The van der Waals surface area contributed by atoms with E-state index in [-0.39, 0.29) is 0 Å². The number of allylic oxidation sites excluding steroid dienone is 7. The molecule has 0 saturated heterocycles. The Bertz CT molecular complexity index is 382. The van der Waals surface area contributed by atoms with Crippen LogP contribution in [0.25, 0.3) is 0 Å². The van der Waals surface area contributed by atoms with Gasteiger partial charge in [0.05, 0.1) is 0 Å². The van der Waals surface area contributed by atoms with Crippen LogP contribution >= 0.6 is 0 Å². The minimum atomic E-state index is 1.01. The van der Waals surface area contributed by atoms with Crippen LogP contribution in [0.3, 0.4) is 0 Å². The fourth-order valence-electron chi connectivity index (χ4n) is 1.82. The molecule has 0 rings (SSSR count). The van der Waals surface area contributed by atoms with E-state index in [2.05, 4.69) is 55.0 Å². The number of hydrogen-bond donors (Lipinski definition) is 0. The zero-order valence-electron chi connectivity index (χ0n) is 13.4. The Balaban J connectivity index is 4.84. The van der Waals surface area contributed by atoms with E-state index in [1.54, 1.807) is 0 Å². The predicted molar refractivity (Wildman–Crippen MR) is 84.8 cm³/mol. The van der Waals surface area contributed by atoms with Crippen molar-refractivity contribution in [3.63, 3.8) is 0 Å². The summed E-state index contributed by atoms with van der Waals surface area (Å²) in [7, 11) is 0. The Hall–Kier alpha value is -1.04. The Morgan fingerprint density at radius 3 is 1.44 bits per heavy atom. The van der Waals surface area contributed by atoms with E-state index in [9.17, 15) is 0 Å². The lowest BCUT2D eigenvalue weighted by Crippen LogP contribution is -1.91. The van der Waals surface area contributed by atoms with Gasteiger partial charge in [-0.15, -0.1) is 6.58 Å². The Morgan fingerprint density at radius 2 is 1.06 bits per heavy atom. The van der Waals surface area contributed by atoms with Crippen molar-refractivity contribution in [1.29, 1.82) is 0 Å². The summed E-state index contributed by atoms with van der Waals surface area (Å²) < 4.78 is 0. The zero-order chi connectivity index (χ0) is 14.3. The van der Waals surface area contributed by atoms with Gasteiger partial charge in [-0.1, -0.05) is 39.5 Å². The topological polar surface area (TPSA) is 0 Å². The Labute approximate surface area is 114 Å². The van der Waals surface area contributed by atoms with Crippen molar-refractivity contribution < 1.29 is 0 Å². The average molecular weight is 246 g/mol. The third-order valence-electron chi connectivity index (χ3n) is 3.82. The minimum Gasteiger partial charge on any atom is -0.103 e. The lowest BCUT2D eigenvalue weighted by atomic mass is 9.95. The molecule has 0 aliphatic heterocycles. The molecule has 0 radical (unpaired) electrons. The van der Waals surface area contributed by atoms with Crippen molar-refractivity contribution in [2.45, 2.75) is 67.7 Å². The molecule has 0 aromatic carbocycles. The maximum Gasteiger partial charge on any atom is -0.0109 e. The van der Waals surface area contributed by atoms with Crippen LogP contribution in [0.5, 0.6) is 0 Å². The van der Waals surface area contributed by atoms with Gasteiger partial charge in [0.25, 0.3) is 0 Å². The van der Waals surface area contributed by atoms with Crippen LogP contribution in [0.1, 0.15) is 67.7 Å². The quantitative estimate of drug-likeness (QED) is 0.477. The van der Waals surface area contributed by atoms with E-state index in [1.165, 1.54) is 33.4 Å². The van der Waals surface area contributed by atoms with Gasteiger partial charge in [-0.2, -0.15) is 0 Å². The summed E-state index contributed by atoms with van der Waals surface area (Å²) in [6.45, 7) is 19.4. The van der Waals surface area contributed by atoms with Crippen molar-refractivity contribution >= 4 is 0 Å². The largest absolute Gasteiger partial charge is 0.103 e. The van der Waals surface area contributed by atoms with E-state index < -0.39 is 0 Å². The highest BCUT2D eigenvalue weighted by atomic mass is 14.1. The molecule has 0 aromatic rings. The molecule has 0 saturated carbocycles. The average Bonchev–Trinajstić information content (AvgIpc) is 2.28. The van der Waals surface area contributed by atoms with Crippen molar-refractivity contribution in [2.24, 2.45) is 0 Å². The molecular weight excluding hydrogens is 216 g/mol. The molecule has 0 aliphatic rings. The zero-order valence-corrected chi connectivity index (χ0v) is 13.4. The predicted octanol–water partition coefficient (Wildman–Crippen LogP) is 6.37. The second-order valence-electron chi connectivity index (χ2n) is 5.75. The number of rotatable bonds is 6. The molecule has 0 atom stereocenters. The van der Waals surface area contributed by atoms with E-state index in [0.717, 1.165) is 19.3 Å². The molecular formula is C18H30. The SMILES string of the molecule is C=CC/C(C)=C(/C)C/C(C)=C(/C)CC(C)=C(C)C. The monoisotopic (exact) mass is 246 g/mol. The third-order valence-corrected chi connectivity index (χ3v) is 3.82. The second kappa shape index (κ2) is 8.13. The van der Waals surface area contributed by atoms with Gasteiger partial charge in [-0.3, -0.25) is 0 Å². The standard InChI is InChI=1S/C18H30/c1-9-10-14(4)16(6)12-18(8)17(7)11-15(5)13(2)3/h9H,1,10-12H2,2-8H3/b16-14-,18-17-. The van der Waals surface area contributed by atoms with Gasteiger partial charge in [0, 0.05) is 0 Å². The summed E-state index contributed by atoms with van der Waals surface area (Å²) in [6.07, 6.45) is 5.20. The first-order valence-corrected chi connectivity index (χ1v) is 6.83. The van der Waals surface area contributed by atoms with Crippen molar-refractivity contribution in [1.82, 2.24) is 0 Å². The molecule has 0 fully saturated rings. The van der Waals surface area contributed by atoms with Gasteiger partial charge >= 0.3 is 0 Å². The number of hydrogen-bond acceptors (Lipinski definition) is 0. The smallest absolute Gasteiger partial charge is 0.0109 e. The molecule has 0 heteroatoms. The first-order chi connectivity index (χ1) is 8.29. The van der Waals surface area contributed by atoms with E-state index in [4.69, 9.17) is 0 Å². The van der Waals surface area contributed by atoms with Gasteiger partial charge < -0.3 is 0 Å². The summed E-state index contributed by atoms with van der Waals surface area (Å²) >= 11 is 0. The molecule has 0 aliphatic carbocycles. The molecule has 0 bridgehead atoms. The van der Waals surface area contributed by atoms with Crippen LogP contribution in [-0.2, 0) is 0 Å². The first-order valence-electron chi connectivity index (χ1n) is 6.83. The molecule has 0 N–H and O–H groups in total. The lowest BCUT2D eigenvalue weighted by molar-refractivity contribution is 0.968. The summed E-state index contributed by atoms with van der Waals surface area (Å²) in [6, 6.07) is 0. The summed E-state index contributed by atoms with van der Waals surface area (Å²) in [5, 5.41) is 0. The maximum atomic E-state index is 3.80. The van der Waals surface area contributed by atoms with Crippen LogP contribution in [0.2, 0.25) is 0 Å². The van der Waals surface area contributed by atoms with Crippen LogP contribution in [0, 0.1) is 0 Å². The van der Waals surface area contributed by atoms with Crippen molar-refractivity contribution in [3.05, 3.63) is 46.1 Å². The molecule has 18 heavy (non-hydrogen) atoms. The Kier molecular flexibility index (Phi) is 7.66. The van der Waals surface area contributed by atoms with Gasteiger partial charge in [0.2, 0.25) is 0 Å². The summed E-state index contributed by atoms with van der Waals surface area (Å²) in [4.78, 5) is 0. The summed E-state index contributed by atoms with van der Waals surface area (Å²) in [5.41, 5.74) is 8.90. The van der Waals surface area contributed by atoms with Gasteiger partial charge in [0.1, 0.15) is 0 Å². The molecule has 0 nitrogen and oxygen atoms in total. The van der Waals surface area contributed by atoms with E-state index in [0.29, 0.717) is 0 Å². The molecule has 0 unspecified atom stereocenters. The van der Waals surface area contributed by atoms with Crippen LogP contribution in [0.4, 0.5) is 0 Å². The van der Waals surface area contributed by atoms with Crippen LogP contribution in [-0.4, -0.2) is 0 Å². The molecule has 0 heterocycles. The highest BCUT2D eigenvalue weighted by Gasteiger charge is 2.03. The minimum absolute atomic E-state index is 1.01. The third kappa shape index (κ3) is 6.05. The Morgan fingerprint density at radius 1 is 0.667 bits per heavy atom. The molecule has 0 spiro atoms. The highest BCUT2D eigenvalue weighted by molar-refractivity contribution is 5.25. The molecule has 0 amide bonds. The normalized spacial score (nSPS) is 13.7. The highest BCUT2D eigenvalue weighted by Crippen LogP contribution is 2.23. The fraction of sp³-hybridized carbons (Fsp3) is 0.556. The van der Waals surface area contributed by atoms with Crippen molar-refractivity contribution in [2.75, 3.05) is 0 Å². The first kappa shape index (κ1) is 17.0. The van der Waals surface area contributed by atoms with E-state index >= 15 is 0 Å². The molecule has 0 aromatic heterocycles. The van der Waals surface area contributed by atoms with Crippen LogP contribution < -0.4 is 0 Å². The fourth-order valence-corrected chi connectivity index (χ4v) is 1.82. The van der Waals surface area contributed by atoms with Gasteiger partial charge in [0.15, 0.2) is 0 Å². The lowest BCUT2D eigenvalue weighted by Gasteiger charge is -2.12.